The van der Waals surface area contributed by atoms with E-state index in [0.717, 1.165) is 61.8 Å². The molecule has 6 heteroatoms. The summed E-state index contributed by atoms with van der Waals surface area (Å²) in [5, 5.41) is 3.67. The number of nitrogens with two attached hydrogens (primary N) is 1. The Balaban J connectivity index is 1.54. The topological polar surface area (TPSA) is 72.2 Å². The van der Waals surface area contributed by atoms with E-state index < -0.39 is 0 Å². The first kappa shape index (κ1) is 16.2. The maximum Gasteiger partial charge on any atom is 0.204 e. The van der Waals surface area contributed by atoms with Crippen LogP contribution in [0.5, 0.6) is 0 Å². The van der Waals surface area contributed by atoms with Crippen LogP contribution in [0, 0.1) is 0 Å². The van der Waals surface area contributed by atoms with Gasteiger partial charge in [0.05, 0.1) is 23.8 Å². The average molecular weight is 339 g/mol. The van der Waals surface area contributed by atoms with Crippen molar-refractivity contribution in [2.45, 2.75) is 25.4 Å². The molecule has 2 aromatic heterocycles. The van der Waals surface area contributed by atoms with Crippen LogP contribution in [0.15, 0.2) is 47.1 Å². The molecule has 0 spiro atoms. The van der Waals surface area contributed by atoms with Crippen LogP contribution in [0.3, 0.4) is 0 Å². The van der Waals surface area contributed by atoms with Gasteiger partial charge in [0, 0.05) is 32.2 Å². The number of hydrogen-bond acceptors (Lipinski definition) is 5. The van der Waals surface area contributed by atoms with Crippen LogP contribution in [0.2, 0.25) is 0 Å². The second-order valence-electron chi connectivity index (χ2n) is 6.64. The Labute approximate surface area is 147 Å². The number of imidazole rings is 1. The molecule has 0 unspecified atom stereocenters. The molecule has 0 amide bonds. The lowest BCUT2D eigenvalue weighted by Gasteiger charge is -2.32. The first-order chi connectivity index (χ1) is 12.3. The Morgan fingerprint density at radius 2 is 2.00 bits per heavy atom. The number of nitrogens with one attached hydrogen (secondary N) is 1. The fourth-order valence-corrected chi connectivity index (χ4v) is 3.57. The number of hydrogen-bond donors (Lipinski definition) is 2. The molecule has 1 aliphatic heterocycles. The van der Waals surface area contributed by atoms with E-state index in [9.17, 15) is 0 Å². The minimum absolute atomic E-state index is 0.446. The van der Waals surface area contributed by atoms with Crippen molar-refractivity contribution in [3.63, 3.8) is 0 Å². The molecule has 4 rings (SSSR count). The van der Waals surface area contributed by atoms with Gasteiger partial charge in [-0.25, -0.2) is 4.98 Å². The van der Waals surface area contributed by atoms with E-state index in [1.54, 1.807) is 6.26 Å². The zero-order valence-corrected chi connectivity index (χ0v) is 14.4. The molecular weight excluding hydrogens is 314 g/mol. The van der Waals surface area contributed by atoms with Crippen molar-refractivity contribution < 1.29 is 4.42 Å². The van der Waals surface area contributed by atoms with Crippen molar-refractivity contribution in [2.24, 2.45) is 5.73 Å². The third-order valence-corrected chi connectivity index (χ3v) is 4.91. The molecule has 0 bridgehead atoms. The van der Waals surface area contributed by atoms with Gasteiger partial charge in [0.25, 0.3) is 0 Å². The summed E-state index contributed by atoms with van der Waals surface area (Å²) in [6.07, 6.45) is 3.95. The van der Waals surface area contributed by atoms with Crippen molar-refractivity contribution in [2.75, 3.05) is 31.5 Å². The van der Waals surface area contributed by atoms with Crippen LogP contribution in [-0.4, -0.2) is 46.7 Å². The first-order valence-electron chi connectivity index (χ1n) is 9.00. The molecule has 132 valence electrons. The van der Waals surface area contributed by atoms with E-state index in [1.165, 1.54) is 0 Å². The SMILES string of the molecule is NCCN1CCC(Nc2nc3ccccc3n2Cc2ccco2)CC1. The summed E-state index contributed by atoms with van der Waals surface area (Å²) in [7, 11) is 0. The molecule has 1 fully saturated rings. The first-order valence-corrected chi connectivity index (χ1v) is 9.00. The highest BCUT2D eigenvalue weighted by atomic mass is 16.3. The number of likely N-dealkylation sites (tertiary alicyclic amines) is 1. The van der Waals surface area contributed by atoms with Gasteiger partial charge in [0.15, 0.2) is 0 Å². The Bertz CT molecular complexity index is 802. The normalized spacial score (nSPS) is 16.5. The van der Waals surface area contributed by atoms with Gasteiger partial charge >= 0.3 is 0 Å². The largest absolute Gasteiger partial charge is 0.467 e. The third-order valence-electron chi connectivity index (χ3n) is 4.91. The fourth-order valence-electron chi connectivity index (χ4n) is 3.57. The smallest absolute Gasteiger partial charge is 0.204 e. The van der Waals surface area contributed by atoms with Gasteiger partial charge in [-0.15, -0.1) is 0 Å². The zero-order valence-electron chi connectivity index (χ0n) is 14.4. The van der Waals surface area contributed by atoms with E-state index in [0.29, 0.717) is 12.6 Å². The average Bonchev–Trinajstić information content (AvgIpc) is 3.26. The summed E-state index contributed by atoms with van der Waals surface area (Å²) in [6, 6.07) is 12.6. The minimum atomic E-state index is 0.446. The van der Waals surface area contributed by atoms with Crippen LogP contribution in [0.4, 0.5) is 5.95 Å². The summed E-state index contributed by atoms with van der Waals surface area (Å²) in [6.45, 7) is 4.59. The van der Waals surface area contributed by atoms with Crippen LogP contribution in [0.25, 0.3) is 11.0 Å². The summed E-state index contributed by atoms with van der Waals surface area (Å²) in [5.41, 5.74) is 7.80. The number of aromatic nitrogens is 2. The maximum atomic E-state index is 5.67. The number of piperidine rings is 1. The van der Waals surface area contributed by atoms with Gasteiger partial charge in [-0.3, -0.25) is 0 Å². The van der Waals surface area contributed by atoms with Gasteiger partial charge in [-0.2, -0.15) is 0 Å². The Kier molecular flexibility index (Phi) is 4.72. The predicted octanol–water partition coefficient (Wildman–Crippen LogP) is 2.51. The third kappa shape index (κ3) is 3.55. The molecule has 25 heavy (non-hydrogen) atoms. The van der Waals surface area contributed by atoms with Gasteiger partial charge in [0.2, 0.25) is 5.95 Å². The van der Waals surface area contributed by atoms with Gasteiger partial charge < -0.3 is 24.9 Å². The summed E-state index contributed by atoms with van der Waals surface area (Å²) in [4.78, 5) is 7.25. The lowest BCUT2D eigenvalue weighted by molar-refractivity contribution is 0.224. The Morgan fingerprint density at radius 3 is 2.76 bits per heavy atom. The van der Waals surface area contributed by atoms with Gasteiger partial charge in [-0.05, 0) is 37.1 Å². The maximum absolute atomic E-state index is 5.67. The molecule has 0 saturated carbocycles. The van der Waals surface area contributed by atoms with E-state index in [2.05, 4.69) is 33.0 Å². The Hall–Kier alpha value is -2.31. The van der Waals surface area contributed by atoms with Crippen LogP contribution in [0.1, 0.15) is 18.6 Å². The second-order valence-corrected chi connectivity index (χ2v) is 6.64. The number of fused-ring (bicyclic) bond motifs is 1. The number of para-hydroxylation sites is 2. The molecule has 3 aromatic rings. The van der Waals surface area contributed by atoms with E-state index in [1.807, 2.05) is 18.2 Å². The van der Waals surface area contributed by atoms with E-state index >= 15 is 0 Å². The van der Waals surface area contributed by atoms with Crippen molar-refractivity contribution in [3.05, 3.63) is 48.4 Å². The zero-order chi connectivity index (χ0) is 17.1. The number of rotatable bonds is 6. The summed E-state index contributed by atoms with van der Waals surface area (Å²) < 4.78 is 7.76. The molecular formula is C19H25N5O. The highest BCUT2D eigenvalue weighted by Gasteiger charge is 2.21. The quantitative estimate of drug-likeness (QED) is 0.722. The fraction of sp³-hybridized carbons (Fsp3) is 0.421. The standard InChI is InChI=1S/C19H25N5O/c20-9-12-23-10-7-15(8-11-23)21-19-22-17-5-1-2-6-18(17)24(19)14-16-4-3-13-25-16/h1-6,13,15H,7-12,14,20H2,(H,21,22). The van der Waals surface area contributed by atoms with Gasteiger partial charge in [-0.1, -0.05) is 12.1 Å². The molecule has 1 aliphatic rings. The van der Waals surface area contributed by atoms with Crippen LogP contribution in [-0.2, 0) is 6.54 Å². The van der Waals surface area contributed by atoms with Crippen LogP contribution < -0.4 is 11.1 Å². The molecule has 6 nitrogen and oxygen atoms in total. The summed E-state index contributed by atoms with van der Waals surface area (Å²) in [5.74, 6) is 1.86. The predicted molar refractivity (Wildman–Crippen MR) is 99.7 cm³/mol. The van der Waals surface area contributed by atoms with Gasteiger partial charge in [0.1, 0.15) is 5.76 Å². The number of benzene rings is 1. The van der Waals surface area contributed by atoms with E-state index in [4.69, 9.17) is 15.1 Å². The molecule has 3 N–H and O–H groups in total. The van der Waals surface area contributed by atoms with Crippen molar-refractivity contribution >= 4 is 17.0 Å². The monoisotopic (exact) mass is 339 g/mol. The number of nitrogens with zero attached hydrogens (tertiary/aromatic N) is 3. The van der Waals surface area contributed by atoms with Crippen molar-refractivity contribution in [1.29, 1.82) is 0 Å². The van der Waals surface area contributed by atoms with Crippen molar-refractivity contribution in [1.82, 2.24) is 14.5 Å². The molecule has 0 atom stereocenters. The second kappa shape index (κ2) is 7.29. The molecule has 3 heterocycles. The molecule has 0 aliphatic carbocycles. The highest BCUT2D eigenvalue weighted by molar-refractivity contribution is 5.78. The minimum Gasteiger partial charge on any atom is -0.467 e. The van der Waals surface area contributed by atoms with Crippen molar-refractivity contribution in [3.8, 4) is 0 Å². The lowest BCUT2D eigenvalue weighted by atomic mass is 10.1. The molecule has 1 saturated heterocycles. The Morgan fingerprint density at radius 1 is 1.16 bits per heavy atom. The number of anilines is 1. The van der Waals surface area contributed by atoms with Crippen LogP contribution >= 0.6 is 0 Å². The highest BCUT2D eigenvalue weighted by Crippen LogP contribution is 2.23. The number of furan rings is 1. The molecule has 1 aromatic carbocycles. The lowest BCUT2D eigenvalue weighted by Crippen LogP contribution is -2.41. The van der Waals surface area contributed by atoms with E-state index in [-0.39, 0.29) is 0 Å². The summed E-state index contributed by atoms with van der Waals surface area (Å²) >= 11 is 0. The molecule has 0 radical (unpaired) electrons.